The summed E-state index contributed by atoms with van der Waals surface area (Å²) in [6.07, 6.45) is 1.63. The van der Waals surface area contributed by atoms with E-state index < -0.39 is 10.0 Å². The molecule has 34 heavy (non-hydrogen) atoms. The molecule has 0 saturated carbocycles. The number of piperazine rings is 1. The monoisotopic (exact) mass is 516 g/mol. The van der Waals surface area contributed by atoms with Crippen LogP contribution in [0.5, 0.6) is 0 Å². The highest BCUT2D eigenvalue weighted by Crippen LogP contribution is 2.45. The number of carbonyl (C=O) groups is 1. The Morgan fingerprint density at radius 3 is 2.56 bits per heavy atom. The van der Waals surface area contributed by atoms with E-state index >= 15 is 0 Å². The third kappa shape index (κ3) is 4.37. The Kier molecular flexibility index (Phi) is 6.69. The molecule has 2 aliphatic heterocycles. The lowest BCUT2D eigenvalue weighted by Gasteiger charge is -2.35. The highest BCUT2D eigenvalue weighted by Gasteiger charge is 2.40. The van der Waals surface area contributed by atoms with Gasteiger partial charge in [-0.15, -0.1) is 23.1 Å². The van der Waals surface area contributed by atoms with Crippen molar-refractivity contribution in [3.63, 3.8) is 0 Å². The van der Waals surface area contributed by atoms with Crippen molar-refractivity contribution >= 4 is 49.9 Å². The molecule has 4 heterocycles. The van der Waals surface area contributed by atoms with Crippen molar-refractivity contribution in [2.75, 3.05) is 39.3 Å². The first-order valence-electron chi connectivity index (χ1n) is 11.4. The van der Waals surface area contributed by atoms with E-state index in [0.717, 1.165) is 11.9 Å². The normalized spacial score (nSPS) is 22.6. The summed E-state index contributed by atoms with van der Waals surface area (Å²) in [6, 6.07) is 11.1. The van der Waals surface area contributed by atoms with Crippen molar-refractivity contribution in [3.8, 4) is 0 Å². The van der Waals surface area contributed by atoms with Crippen LogP contribution in [0.15, 0.2) is 52.9 Å². The molecule has 7 nitrogen and oxygen atoms in total. The summed E-state index contributed by atoms with van der Waals surface area (Å²) in [5.41, 5.74) is 1.75. The molecule has 0 radical (unpaired) electrons. The van der Waals surface area contributed by atoms with Gasteiger partial charge in [-0.25, -0.2) is 8.42 Å². The van der Waals surface area contributed by atoms with Crippen molar-refractivity contribution in [2.45, 2.75) is 29.4 Å². The summed E-state index contributed by atoms with van der Waals surface area (Å²) in [4.78, 5) is 22.9. The van der Waals surface area contributed by atoms with Crippen LogP contribution in [-0.4, -0.2) is 77.9 Å². The Labute approximate surface area is 208 Å². The lowest BCUT2D eigenvalue weighted by molar-refractivity contribution is -0.130. The van der Waals surface area contributed by atoms with Crippen LogP contribution in [0.1, 0.15) is 22.7 Å². The second-order valence-corrected chi connectivity index (χ2v) is 13.0. The van der Waals surface area contributed by atoms with Gasteiger partial charge in [-0.05, 0) is 43.0 Å². The molecule has 0 N–H and O–H groups in total. The lowest BCUT2D eigenvalue weighted by Crippen LogP contribution is -2.50. The van der Waals surface area contributed by atoms with Crippen LogP contribution in [-0.2, 0) is 14.8 Å². The van der Waals surface area contributed by atoms with Gasteiger partial charge in [-0.2, -0.15) is 4.31 Å². The van der Waals surface area contributed by atoms with Crippen LogP contribution >= 0.6 is 23.1 Å². The molecule has 0 bridgehead atoms. The molecule has 1 amide bonds. The number of aromatic nitrogens is 1. The highest BCUT2D eigenvalue weighted by atomic mass is 32.2. The molecule has 2 saturated heterocycles. The Bertz CT molecular complexity index is 1300. The smallest absolute Gasteiger partial charge is 0.245 e. The van der Waals surface area contributed by atoms with E-state index in [4.69, 9.17) is 0 Å². The number of para-hydroxylation sites is 1. The number of aryl methyl sites for hydroxylation is 1. The molecular formula is C24H28N4O3S3. The summed E-state index contributed by atoms with van der Waals surface area (Å²) in [5.74, 6) is 0.187. The number of hydrogen-bond acceptors (Lipinski definition) is 7. The van der Waals surface area contributed by atoms with Crippen LogP contribution in [0, 0.1) is 6.92 Å². The molecule has 180 valence electrons. The number of thioether (sulfide) groups is 1. The number of rotatable bonds is 6. The van der Waals surface area contributed by atoms with Crippen molar-refractivity contribution in [1.82, 2.24) is 19.1 Å². The number of hydrogen-bond donors (Lipinski definition) is 0. The van der Waals surface area contributed by atoms with Gasteiger partial charge in [0.2, 0.25) is 15.9 Å². The predicted octanol–water partition coefficient (Wildman–Crippen LogP) is 3.57. The maximum Gasteiger partial charge on any atom is 0.245 e. The second kappa shape index (κ2) is 9.58. The number of amides is 1. The Balaban J connectivity index is 1.23. The topological polar surface area (TPSA) is 73.8 Å². The van der Waals surface area contributed by atoms with E-state index in [9.17, 15) is 13.2 Å². The Morgan fingerprint density at radius 2 is 1.82 bits per heavy atom. The van der Waals surface area contributed by atoms with Gasteiger partial charge in [0.05, 0.1) is 10.8 Å². The molecular weight excluding hydrogens is 488 g/mol. The van der Waals surface area contributed by atoms with Crippen molar-refractivity contribution in [2.24, 2.45) is 0 Å². The van der Waals surface area contributed by atoms with Crippen LogP contribution in [0.2, 0.25) is 0 Å². The van der Waals surface area contributed by atoms with E-state index in [0.29, 0.717) is 38.2 Å². The molecule has 10 heteroatoms. The minimum atomic E-state index is -3.62. The molecule has 5 rings (SSSR count). The zero-order chi connectivity index (χ0) is 23.9. The van der Waals surface area contributed by atoms with Gasteiger partial charge in [0.15, 0.2) is 0 Å². The highest BCUT2D eigenvalue weighted by molar-refractivity contribution is 8.01. The van der Waals surface area contributed by atoms with Crippen LogP contribution in [0.25, 0.3) is 10.9 Å². The summed E-state index contributed by atoms with van der Waals surface area (Å²) in [6.45, 7) is 7.62. The summed E-state index contributed by atoms with van der Waals surface area (Å²) >= 11 is 3.43. The lowest BCUT2D eigenvalue weighted by atomic mass is 10.2. The van der Waals surface area contributed by atoms with E-state index in [2.05, 4.69) is 28.3 Å². The number of pyridine rings is 1. The average Bonchev–Trinajstić information content (AvgIpc) is 3.39. The van der Waals surface area contributed by atoms with Crippen molar-refractivity contribution in [3.05, 3.63) is 58.4 Å². The fraction of sp³-hybridized carbons (Fsp3) is 0.417. The van der Waals surface area contributed by atoms with Gasteiger partial charge in [-0.1, -0.05) is 18.2 Å². The summed E-state index contributed by atoms with van der Waals surface area (Å²) in [5, 5.41) is 2.94. The summed E-state index contributed by atoms with van der Waals surface area (Å²) in [7, 11) is -3.62. The van der Waals surface area contributed by atoms with Crippen molar-refractivity contribution in [1.29, 1.82) is 0 Å². The van der Waals surface area contributed by atoms with Gasteiger partial charge < -0.3 is 4.90 Å². The van der Waals surface area contributed by atoms with Crippen molar-refractivity contribution < 1.29 is 13.2 Å². The first kappa shape index (κ1) is 23.7. The van der Waals surface area contributed by atoms with Gasteiger partial charge in [0.1, 0.15) is 10.3 Å². The second-order valence-electron chi connectivity index (χ2n) is 8.71. The first-order valence-corrected chi connectivity index (χ1v) is 14.7. The first-order chi connectivity index (χ1) is 16.4. The minimum Gasteiger partial charge on any atom is -0.323 e. The molecule has 0 aliphatic carbocycles. The number of carbonyl (C=O) groups excluding carboxylic acids is 1. The van der Waals surface area contributed by atoms with Gasteiger partial charge in [-0.3, -0.25) is 14.7 Å². The van der Waals surface area contributed by atoms with Gasteiger partial charge >= 0.3 is 0 Å². The number of benzene rings is 1. The average molecular weight is 517 g/mol. The predicted molar refractivity (Wildman–Crippen MR) is 138 cm³/mol. The standard InChI is InChI=1S/C24H28N4O3S3/c1-17-8-16-32-22(17)24-28(23(29)18(2)33-24)15-12-26-10-13-27(14-11-26)34(30,31)20-7-3-5-19-6-4-9-25-21(19)20/h3-9,16,18,24H,10-15H2,1-2H3. The maximum absolute atomic E-state index is 13.4. The zero-order valence-electron chi connectivity index (χ0n) is 19.3. The number of sulfonamides is 1. The van der Waals surface area contributed by atoms with Crippen LogP contribution in [0.3, 0.4) is 0 Å². The van der Waals surface area contributed by atoms with Gasteiger partial charge in [0, 0.05) is 55.7 Å². The third-order valence-electron chi connectivity index (χ3n) is 6.57. The minimum absolute atomic E-state index is 0.0391. The fourth-order valence-electron chi connectivity index (χ4n) is 4.61. The van der Waals surface area contributed by atoms with E-state index in [1.54, 1.807) is 45.7 Å². The fourth-order valence-corrected chi connectivity index (χ4v) is 8.75. The van der Waals surface area contributed by atoms with E-state index in [1.807, 2.05) is 30.0 Å². The molecule has 3 aromatic rings. The molecule has 1 aromatic carbocycles. The molecule has 0 spiro atoms. The SMILES string of the molecule is Cc1ccsc1C1SC(C)C(=O)N1CCN1CCN(S(=O)(=O)c2cccc3cccnc23)CC1. The zero-order valence-corrected chi connectivity index (χ0v) is 21.7. The molecule has 2 fully saturated rings. The third-order valence-corrected chi connectivity index (χ3v) is 11.1. The maximum atomic E-state index is 13.4. The molecule has 2 atom stereocenters. The molecule has 2 unspecified atom stereocenters. The van der Waals surface area contributed by atoms with E-state index in [1.165, 1.54) is 10.4 Å². The quantitative estimate of drug-likeness (QED) is 0.499. The largest absolute Gasteiger partial charge is 0.323 e. The number of nitrogens with zero attached hydrogens (tertiary/aromatic N) is 4. The Morgan fingerprint density at radius 1 is 1.06 bits per heavy atom. The molecule has 2 aliphatic rings. The van der Waals surface area contributed by atoms with Crippen LogP contribution < -0.4 is 0 Å². The summed E-state index contributed by atoms with van der Waals surface area (Å²) < 4.78 is 28.3. The number of thiophene rings is 1. The number of fused-ring (bicyclic) bond motifs is 1. The van der Waals surface area contributed by atoms with Crippen LogP contribution in [0.4, 0.5) is 0 Å². The molecule has 2 aromatic heterocycles. The van der Waals surface area contributed by atoms with Gasteiger partial charge in [0.25, 0.3) is 0 Å². The Hall–Kier alpha value is -1.98. The van der Waals surface area contributed by atoms with E-state index in [-0.39, 0.29) is 21.4 Å².